The van der Waals surface area contributed by atoms with Crippen LogP contribution in [-0.4, -0.2) is 0 Å². The molecule has 2 heteroatoms. The smallest absolute Gasteiger partial charge is 0.123 e. The maximum atomic E-state index is 12.4. The van der Waals surface area contributed by atoms with E-state index in [4.69, 9.17) is 4.74 Å². The highest BCUT2D eigenvalue weighted by Gasteiger charge is 1.93. The average Bonchev–Trinajstić information content (AvgIpc) is 2.03. The van der Waals surface area contributed by atoms with Crippen LogP contribution in [0.2, 0.25) is 0 Å². The lowest BCUT2D eigenvalue weighted by molar-refractivity contribution is 0.202. The van der Waals surface area contributed by atoms with Gasteiger partial charge in [-0.05, 0) is 24.6 Å². The van der Waals surface area contributed by atoms with Gasteiger partial charge < -0.3 is 4.74 Å². The normalized spacial score (nSPS) is 9.50. The van der Waals surface area contributed by atoms with Crippen LogP contribution in [0.25, 0.3) is 0 Å². The average molecular weight is 166 g/mol. The number of allylic oxidation sites excluding steroid dienone is 1. The molecule has 0 amide bonds. The summed E-state index contributed by atoms with van der Waals surface area (Å²) in [6.45, 7) is 5.83. The summed E-state index contributed by atoms with van der Waals surface area (Å²) in [6, 6.07) is 6.21. The molecule has 0 radical (unpaired) electrons. The van der Waals surface area contributed by atoms with Gasteiger partial charge in [0.15, 0.2) is 0 Å². The summed E-state index contributed by atoms with van der Waals surface area (Å²) in [5.41, 5.74) is 0.944. The van der Waals surface area contributed by atoms with E-state index >= 15 is 0 Å². The number of ether oxygens (including phenoxy) is 1. The van der Waals surface area contributed by atoms with Crippen LogP contribution in [-0.2, 0) is 11.3 Å². The van der Waals surface area contributed by atoms with E-state index in [0.29, 0.717) is 12.4 Å². The van der Waals surface area contributed by atoms with E-state index in [2.05, 4.69) is 6.58 Å². The van der Waals surface area contributed by atoms with Crippen molar-refractivity contribution in [1.82, 2.24) is 0 Å². The summed E-state index contributed by atoms with van der Waals surface area (Å²) in [5, 5.41) is 0. The first-order valence-electron chi connectivity index (χ1n) is 3.71. The first-order chi connectivity index (χ1) is 5.68. The predicted molar refractivity (Wildman–Crippen MR) is 46.0 cm³/mol. The standard InChI is InChI=1S/C10H11FO/c1-8(2)12-7-9-3-5-10(11)6-4-9/h3-6H,1,7H2,2H3. The van der Waals surface area contributed by atoms with Crippen LogP contribution in [0.5, 0.6) is 0 Å². The summed E-state index contributed by atoms with van der Waals surface area (Å²) < 4.78 is 17.6. The lowest BCUT2D eigenvalue weighted by Crippen LogP contribution is -1.89. The Kier molecular flexibility index (Phi) is 2.86. The Morgan fingerprint density at radius 2 is 2.00 bits per heavy atom. The van der Waals surface area contributed by atoms with Gasteiger partial charge in [-0.1, -0.05) is 18.7 Å². The zero-order valence-corrected chi connectivity index (χ0v) is 7.01. The summed E-state index contributed by atoms with van der Waals surface area (Å²) >= 11 is 0. The molecule has 1 aromatic rings. The highest BCUT2D eigenvalue weighted by atomic mass is 19.1. The topological polar surface area (TPSA) is 9.23 Å². The lowest BCUT2D eigenvalue weighted by Gasteiger charge is -2.03. The molecule has 1 aromatic carbocycles. The van der Waals surface area contributed by atoms with Crippen LogP contribution in [0.15, 0.2) is 36.6 Å². The molecule has 0 aromatic heterocycles. The second kappa shape index (κ2) is 3.90. The van der Waals surface area contributed by atoms with Crippen molar-refractivity contribution in [2.75, 3.05) is 0 Å². The van der Waals surface area contributed by atoms with Gasteiger partial charge in [0.25, 0.3) is 0 Å². The molecule has 0 heterocycles. The van der Waals surface area contributed by atoms with Crippen LogP contribution in [0, 0.1) is 5.82 Å². The van der Waals surface area contributed by atoms with E-state index in [1.165, 1.54) is 12.1 Å². The molecule has 0 saturated heterocycles. The number of rotatable bonds is 3. The highest BCUT2D eigenvalue weighted by molar-refractivity contribution is 5.15. The van der Waals surface area contributed by atoms with Crippen LogP contribution in [0.4, 0.5) is 4.39 Å². The van der Waals surface area contributed by atoms with Crippen molar-refractivity contribution in [3.8, 4) is 0 Å². The van der Waals surface area contributed by atoms with Crippen molar-refractivity contribution in [1.29, 1.82) is 0 Å². The minimum absolute atomic E-state index is 0.228. The van der Waals surface area contributed by atoms with Gasteiger partial charge in [0.2, 0.25) is 0 Å². The van der Waals surface area contributed by atoms with Crippen LogP contribution in [0.3, 0.4) is 0 Å². The molecule has 0 aliphatic carbocycles. The number of benzene rings is 1. The Balaban J connectivity index is 2.53. The fraction of sp³-hybridized carbons (Fsp3) is 0.200. The molecule has 0 saturated carbocycles. The molecule has 1 nitrogen and oxygen atoms in total. The van der Waals surface area contributed by atoms with E-state index in [1.807, 2.05) is 0 Å². The van der Waals surface area contributed by atoms with Crippen molar-refractivity contribution in [3.05, 3.63) is 48.0 Å². The molecular weight excluding hydrogens is 155 g/mol. The number of hydrogen-bond donors (Lipinski definition) is 0. The monoisotopic (exact) mass is 166 g/mol. The van der Waals surface area contributed by atoms with Crippen molar-refractivity contribution >= 4 is 0 Å². The van der Waals surface area contributed by atoms with Gasteiger partial charge in [-0.25, -0.2) is 4.39 Å². The van der Waals surface area contributed by atoms with Gasteiger partial charge in [-0.15, -0.1) is 0 Å². The third-order valence-electron chi connectivity index (χ3n) is 1.40. The molecule has 0 fully saturated rings. The summed E-state index contributed by atoms with van der Waals surface area (Å²) in [7, 11) is 0. The van der Waals surface area contributed by atoms with Gasteiger partial charge in [-0.2, -0.15) is 0 Å². The predicted octanol–water partition coefficient (Wildman–Crippen LogP) is 2.88. The van der Waals surface area contributed by atoms with E-state index in [-0.39, 0.29) is 5.82 Å². The SMILES string of the molecule is C=C(C)OCc1ccc(F)cc1. The largest absolute Gasteiger partial charge is 0.494 e. The van der Waals surface area contributed by atoms with E-state index in [9.17, 15) is 4.39 Å². The van der Waals surface area contributed by atoms with E-state index in [0.717, 1.165) is 5.56 Å². The molecule has 0 atom stereocenters. The molecule has 0 aliphatic rings. The van der Waals surface area contributed by atoms with Crippen LogP contribution in [0.1, 0.15) is 12.5 Å². The Morgan fingerprint density at radius 1 is 1.42 bits per heavy atom. The maximum Gasteiger partial charge on any atom is 0.123 e. The zero-order chi connectivity index (χ0) is 8.97. The Morgan fingerprint density at radius 3 is 2.50 bits per heavy atom. The summed E-state index contributed by atoms with van der Waals surface area (Å²) in [4.78, 5) is 0. The van der Waals surface area contributed by atoms with Gasteiger partial charge >= 0.3 is 0 Å². The minimum atomic E-state index is -0.228. The molecule has 0 N–H and O–H groups in total. The van der Waals surface area contributed by atoms with Crippen molar-refractivity contribution < 1.29 is 9.13 Å². The van der Waals surface area contributed by atoms with Crippen LogP contribution >= 0.6 is 0 Å². The molecule has 0 aliphatic heterocycles. The Bertz CT molecular complexity index is 264. The second-order valence-corrected chi connectivity index (χ2v) is 2.62. The van der Waals surface area contributed by atoms with Crippen molar-refractivity contribution in [2.24, 2.45) is 0 Å². The van der Waals surface area contributed by atoms with Crippen molar-refractivity contribution in [3.63, 3.8) is 0 Å². The van der Waals surface area contributed by atoms with Gasteiger partial charge in [-0.3, -0.25) is 0 Å². The molecule has 12 heavy (non-hydrogen) atoms. The van der Waals surface area contributed by atoms with Gasteiger partial charge in [0.1, 0.15) is 12.4 Å². The molecule has 1 rings (SSSR count). The third kappa shape index (κ3) is 2.74. The summed E-state index contributed by atoms with van der Waals surface area (Å²) in [6.07, 6.45) is 0. The van der Waals surface area contributed by atoms with Gasteiger partial charge in [0, 0.05) is 0 Å². The first-order valence-corrected chi connectivity index (χ1v) is 3.71. The van der Waals surface area contributed by atoms with E-state index in [1.54, 1.807) is 19.1 Å². The lowest BCUT2D eigenvalue weighted by atomic mass is 10.2. The van der Waals surface area contributed by atoms with Gasteiger partial charge in [0.05, 0.1) is 5.76 Å². The number of halogens is 1. The fourth-order valence-electron chi connectivity index (χ4n) is 0.787. The first kappa shape index (κ1) is 8.78. The van der Waals surface area contributed by atoms with Crippen molar-refractivity contribution in [2.45, 2.75) is 13.5 Å². The van der Waals surface area contributed by atoms with Crippen LogP contribution < -0.4 is 0 Å². The molecular formula is C10H11FO. The minimum Gasteiger partial charge on any atom is -0.494 e. The second-order valence-electron chi connectivity index (χ2n) is 2.62. The fourth-order valence-corrected chi connectivity index (χ4v) is 0.787. The summed E-state index contributed by atoms with van der Waals surface area (Å²) in [5.74, 6) is 0.438. The zero-order valence-electron chi connectivity index (χ0n) is 7.01. The van der Waals surface area contributed by atoms with E-state index < -0.39 is 0 Å². The highest BCUT2D eigenvalue weighted by Crippen LogP contribution is 2.05. The molecule has 64 valence electrons. The maximum absolute atomic E-state index is 12.4. The quantitative estimate of drug-likeness (QED) is 0.627. The third-order valence-corrected chi connectivity index (χ3v) is 1.40. The Hall–Kier alpha value is -1.31. The molecule has 0 spiro atoms. The molecule has 0 bridgehead atoms. The Labute approximate surface area is 71.5 Å². The number of hydrogen-bond acceptors (Lipinski definition) is 1. The molecule has 0 unspecified atom stereocenters.